The van der Waals surface area contributed by atoms with Gasteiger partial charge in [0.15, 0.2) is 23.0 Å². The largest absolute Gasteiger partial charge is 0.493 e. The van der Waals surface area contributed by atoms with E-state index in [2.05, 4.69) is 5.16 Å². The zero-order valence-electron chi connectivity index (χ0n) is 10.2. The molecule has 2 aromatic rings. The number of hydrogen-bond acceptors (Lipinski definition) is 5. The SMILES string of the molecule is COc1cc(C(C)=O)ccc1OCc1ccno1. The highest BCUT2D eigenvalue weighted by atomic mass is 16.5. The highest BCUT2D eigenvalue weighted by Gasteiger charge is 2.09. The first-order chi connectivity index (χ1) is 8.70. The van der Waals surface area contributed by atoms with Crippen LogP contribution in [0, 0.1) is 0 Å². The fourth-order valence-electron chi connectivity index (χ4n) is 1.47. The van der Waals surface area contributed by atoms with Crippen LogP contribution in [0.1, 0.15) is 23.0 Å². The molecule has 0 fully saturated rings. The van der Waals surface area contributed by atoms with Crippen LogP contribution in [0.3, 0.4) is 0 Å². The molecular weight excluding hydrogens is 234 g/mol. The van der Waals surface area contributed by atoms with E-state index in [1.807, 2.05) is 0 Å². The number of methoxy groups -OCH3 is 1. The number of carbonyl (C=O) groups excluding carboxylic acids is 1. The molecule has 0 aliphatic heterocycles. The molecule has 1 heterocycles. The highest BCUT2D eigenvalue weighted by molar-refractivity contribution is 5.94. The molecule has 0 radical (unpaired) electrons. The van der Waals surface area contributed by atoms with Crippen molar-refractivity contribution in [3.05, 3.63) is 41.8 Å². The minimum absolute atomic E-state index is 0.0184. The predicted molar refractivity (Wildman–Crippen MR) is 63.8 cm³/mol. The summed E-state index contributed by atoms with van der Waals surface area (Å²) in [6.07, 6.45) is 1.55. The molecule has 18 heavy (non-hydrogen) atoms. The third kappa shape index (κ3) is 2.68. The van der Waals surface area contributed by atoms with Gasteiger partial charge in [-0.1, -0.05) is 5.16 Å². The van der Waals surface area contributed by atoms with E-state index in [0.717, 1.165) is 0 Å². The van der Waals surface area contributed by atoms with E-state index in [9.17, 15) is 4.79 Å². The van der Waals surface area contributed by atoms with Crippen molar-refractivity contribution in [2.24, 2.45) is 0 Å². The van der Waals surface area contributed by atoms with Crippen molar-refractivity contribution in [3.8, 4) is 11.5 Å². The second-order valence-corrected chi connectivity index (χ2v) is 3.69. The molecule has 0 N–H and O–H groups in total. The number of aromatic nitrogens is 1. The van der Waals surface area contributed by atoms with E-state index < -0.39 is 0 Å². The zero-order valence-corrected chi connectivity index (χ0v) is 10.2. The van der Waals surface area contributed by atoms with Crippen LogP contribution in [0.5, 0.6) is 11.5 Å². The van der Waals surface area contributed by atoms with Crippen LogP contribution in [0.4, 0.5) is 0 Å². The number of ketones is 1. The first-order valence-corrected chi connectivity index (χ1v) is 5.42. The third-order valence-electron chi connectivity index (χ3n) is 2.43. The van der Waals surface area contributed by atoms with Crippen molar-refractivity contribution in [2.45, 2.75) is 13.5 Å². The molecule has 1 aromatic heterocycles. The lowest BCUT2D eigenvalue weighted by molar-refractivity contribution is 0.101. The maximum absolute atomic E-state index is 11.2. The quantitative estimate of drug-likeness (QED) is 0.759. The highest BCUT2D eigenvalue weighted by Crippen LogP contribution is 2.28. The number of rotatable bonds is 5. The van der Waals surface area contributed by atoms with Crippen molar-refractivity contribution in [1.29, 1.82) is 0 Å². The first kappa shape index (κ1) is 12.2. The van der Waals surface area contributed by atoms with Crippen molar-refractivity contribution in [2.75, 3.05) is 7.11 Å². The topological polar surface area (TPSA) is 61.6 Å². The molecule has 0 amide bonds. The lowest BCUT2D eigenvalue weighted by Gasteiger charge is -2.10. The summed E-state index contributed by atoms with van der Waals surface area (Å²) in [6.45, 7) is 1.76. The second kappa shape index (κ2) is 5.35. The molecule has 5 nitrogen and oxygen atoms in total. The molecule has 0 saturated carbocycles. The van der Waals surface area contributed by atoms with E-state index in [4.69, 9.17) is 14.0 Å². The molecule has 0 bridgehead atoms. The smallest absolute Gasteiger partial charge is 0.174 e. The summed E-state index contributed by atoms with van der Waals surface area (Å²) in [6, 6.07) is 6.76. The van der Waals surface area contributed by atoms with Gasteiger partial charge in [0, 0.05) is 11.6 Å². The van der Waals surface area contributed by atoms with Gasteiger partial charge in [0.25, 0.3) is 0 Å². The number of ether oxygens (including phenoxy) is 2. The molecular formula is C13H13NO4. The van der Waals surface area contributed by atoms with Crippen molar-refractivity contribution in [1.82, 2.24) is 5.16 Å². The monoisotopic (exact) mass is 247 g/mol. The number of Topliss-reactive ketones (excluding diaryl/α,β-unsaturated/α-hetero) is 1. The van der Waals surface area contributed by atoms with Crippen molar-refractivity contribution >= 4 is 5.78 Å². The molecule has 0 aliphatic rings. The van der Waals surface area contributed by atoms with E-state index in [-0.39, 0.29) is 12.4 Å². The molecule has 0 aliphatic carbocycles. The van der Waals surface area contributed by atoms with Gasteiger partial charge < -0.3 is 14.0 Å². The Morgan fingerprint density at radius 1 is 1.33 bits per heavy atom. The van der Waals surface area contributed by atoms with Crippen LogP contribution >= 0.6 is 0 Å². The number of benzene rings is 1. The summed E-state index contributed by atoms with van der Waals surface area (Å²) in [5.41, 5.74) is 0.582. The maximum Gasteiger partial charge on any atom is 0.174 e. The summed E-state index contributed by atoms with van der Waals surface area (Å²) < 4.78 is 15.6. The molecule has 0 unspecified atom stereocenters. The Hall–Kier alpha value is -2.30. The lowest BCUT2D eigenvalue weighted by atomic mass is 10.1. The zero-order chi connectivity index (χ0) is 13.0. The Kier molecular flexibility index (Phi) is 3.62. The average molecular weight is 247 g/mol. The van der Waals surface area contributed by atoms with Crippen LogP contribution in [-0.4, -0.2) is 18.0 Å². The van der Waals surface area contributed by atoms with Gasteiger partial charge in [-0.05, 0) is 25.1 Å². The van der Waals surface area contributed by atoms with Gasteiger partial charge in [-0.25, -0.2) is 0 Å². The number of carbonyl (C=O) groups is 1. The first-order valence-electron chi connectivity index (χ1n) is 5.42. The van der Waals surface area contributed by atoms with Gasteiger partial charge >= 0.3 is 0 Å². The second-order valence-electron chi connectivity index (χ2n) is 3.69. The maximum atomic E-state index is 11.2. The molecule has 0 atom stereocenters. The van der Waals surface area contributed by atoms with Gasteiger partial charge in [0.2, 0.25) is 0 Å². The number of nitrogens with zero attached hydrogens (tertiary/aromatic N) is 1. The molecule has 2 rings (SSSR count). The molecule has 94 valence electrons. The Morgan fingerprint density at radius 2 is 2.17 bits per heavy atom. The Bertz CT molecular complexity index is 534. The Morgan fingerprint density at radius 3 is 2.78 bits per heavy atom. The molecule has 0 saturated heterocycles. The van der Waals surface area contributed by atoms with Gasteiger partial charge in [-0.15, -0.1) is 0 Å². The predicted octanol–water partition coefficient (Wildman–Crippen LogP) is 2.46. The molecule has 1 aromatic carbocycles. The van der Waals surface area contributed by atoms with E-state index >= 15 is 0 Å². The summed E-state index contributed by atoms with van der Waals surface area (Å²) in [5.74, 6) is 1.67. The third-order valence-corrected chi connectivity index (χ3v) is 2.43. The van der Waals surface area contributed by atoms with Crippen LogP contribution in [0.2, 0.25) is 0 Å². The van der Waals surface area contributed by atoms with Crippen LogP contribution in [0.15, 0.2) is 35.0 Å². The summed E-state index contributed by atoms with van der Waals surface area (Å²) in [7, 11) is 1.53. The summed E-state index contributed by atoms with van der Waals surface area (Å²) >= 11 is 0. The van der Waals surface area contributed by atoms with Crippen molar-refractivity contribution < 1.29 is 18.8 Å². The Labute approximate surface area is 104 Å². The van der Waals surface area contributed by atoms with E-state index in [0.29, 0.717) is 22.8 Å². The lowest BCUT2D eigenvalue weighted by Crippen LogP contribution is -1.99. The van der Waals surface area contributed by atoms with E-state index in [1.165, 1.54) is 14.0 Å². The van der Waals surface area contributed by atoms with Crippen molar-refractivity contribution in [3.63, 3.8) is 0 Å². The molecule has 5 heteroatoms. The van der Waals surface area contributed by atoms with E-state index in [1.54, 1.807) is 30.5 Å². The minimum atomic E-state index is -0.0184. The summed E-state index contributed by atoms with van der Waals surface area (Å²) in [4.78, 5) is 11.2. The Balaban J connectivity index is 2.14. The summed E-state index contributed by atoms with van der Waals surface area (Å²) in [5, 5.41) is 3.58. The fourth-order valence-corrected chi connectivity index (χ4v) is 1.47. The van der Waals surface area contributed by atoms with Crippen LogP contribution < -0.4 is 9.47 Å². The van der Waals surface area contributed by atoms with Crippen LogP contribution in [-0.2, 0) is 6.61 Å². The van der Waals surface area contributed by atoms with Gasteiger partial charge in [-0.2, -0.15) is 0 Å². The molecule has 0 spiro atoms. The van der Waals surface area contributed by atoms with Gasteiger partial charge in [0.05, 0.1) is 13.3 Å². The normalized spacial score (nSPS) is 10.1. The standard InChI is InChI=1S/C13H13NO4/c1-9(15)10-3-4-12(13(7-10)16-2)17-8-11-5-6-14-18-11/h3-7H,8H2,1-2H3. The van der Waals surface area contributed by atoms with Crippen LogP contribution in [0.25, 0.3) is 0 Å². The number of hydrogen-bond donors (Lipinski definition) is 0. The van der Waals surface area contributed by atoms with Gasteiger partial charge in [0.1, 0.15) is 6.61 Å². The minimum Gasteiger partial charge on any atom is -0.493 e. The average Bonchev–Trinajstić information content (AvgIpc) is 2.89. The van der Waals surface area contributed by atoms with Gasteiger partial charge in [-0.3, -0.25) is 4.79 Å². The fraction of sp³-hybridized carbons (Fsp3) is 0.231.